The summed E-state index contributed by atoms with van der Waals surface area (Å²) in [4.78, 5) is 1.16. The first-order chi connectivity index (χ1) is 9.13. The van der Waals surface area contributed by atoms with Crippen molar-refractivity contribution in [2.75, 3.05) is 5.75 Å². The molecule has 0 bridgehead atoms. The highest BCUT2D eigenvalue weighted by Crippen LogP contribution is 2.20. The Bertz CT molecular complexity index is 525. The van der Waals surface area contributed by atoms with E-state index >= 15 is 0 Å². The Kier molecular flexibility index (Phi) is 5.00. The summed E-state index contributed by atoms with van der Waals surface area (Å²) in [5, 5.41) is 9.99. The van der Waals surface area contributed by atoms with E-state index in [4.69, 9.17) is 0 Å². The van der Waals surface area contributed by atoms with E-state index in [1.54, 1.807) is 23.9 Å². The van der Waals surface area contributed by atoms with Crippen LogP contribution >= 0.6 is 11.8 Å². The molecule has 0 fully saturated rings. The Morgan fingerprint density at radius 1 is 1.16 bits per heavy atom. The topological polar surface area (TPSA) is 20.2 Å². The molecule has 2 rings (SSSR count). The van der Waals surface area contributed by atoms with Crippen LogP contribution in [0.4, 0.5) is 4.39 Å². The molecule has 19 heavy (non-hydrogen) atoms. The van der Waals surface area contributed by atoms with Crippen molar-refractivity contribution in [3.05, 3.63) is 65.5 Å². The zero-order valence-electron chi connectivity index (χ0n) is 10.8. The van der Waals surface area contributed by atoms with Gasteiger partial charge in [0.2, 0.25) is 0 Å². The van der Waals surface area contributed by atoms with E-state index in [0.717, 1.165) is 10.5 Å². The third-order valence-electron chi connectivity index (χ3n) is 2.82. The van der Waals surface area contributed by atoms with Gasteiger partial charge in [-0.15, -0.1) is 11.8 Å². The van der Waals surface area contributed by atoms with Crippen LogP contribution in [0.3, 0.4) is 0 Å². The van der Waals surface area contributed by atoms with E-state index in [9.17, 15) is 9.50 Å². The number of thioether (sulfide) groups is 1. The van der Waals surface area contributed by atoms with E-state index in [1.165, 1.54) is 17.7 Å². The maximum Gasteiger partial charge on any atom is 0.123 e. The molecule has 3 heteroatoms. The molecule has 0 amide bonds. The van der Waals surface area contributed by atoms with Gasteiger partial charge in [0.05, 0.1) is 6.10 Å². The lowest BCUT2D eigenvalue weighted by Crippen LogP contribution is -2.13. The van der Waals surface area contributed by atoms with Gasteiger partial charge in [-0.25, -0.2) is 4.39 Å². The van der Waals surface area contributed by atoms with Crippen molar-refractivity contribution in [2.24, 2.45) is 0 Å². The van der Waals surface area contributed by atoms with Crippen LogP contribution in [-0.2, 0) is 6.42 Å². The predicted molar refractivity (Wildman–Crippen MR) is 78.0 cm³/mol. The van der Waals surface area contributed by atoms with Crippen LogP contribution in [0.2, 0.25) is 0 Å². The number of aliphatic hydroxyl groups is 1. The molecule has 0 aliphatic carbocycles. The molecule has 0 saturated carbocycles. The molecule has 0 heterocycles. The molecular formula is C16H17FOS. The molecule has 0 aromatic heterocycles. The second-order valence-corrected chi connectivity index (χ2v) is 5.71. The Morgan fingerprint density at radius 2 is 1.89 bits per heavy atom. The second kappa shape index (κ2) is 6.73. The number of aryl methyl sites for hydroxylation is 1. The third kappa shape index (κ3) is 4.69. The minimum Gasteiger partial charge on any atom is -0.392 e. The van der Waals surface area contributed by atoms with E-state index in [-0.39, 0.29) is 5.82 Å². The van der Waals surface area contributed by atoms with Gasteiger partial charge in [-0.1, -0.05) is 29.8 Å². The van der Waals surface area contributed by atoms with Gasteiger partial charge < -0.3 is 5.11 Å². The standard InChI is InChI=1S/C16H17FOS/c1-12-3-2-4-16(9-12)19-11-15(18)10-13-5-7-14(17)8-6-13/h2-9,15,18H,10-11H2,1H3. The minimum absolute atomic E-state index is 0.243. The van der Waals surface area contributed by atoms with Crippen LogP contribution in [0.15, 0.2) is 53.4 Å². The molecule has 0 aliphatic rings. The normalized spacial score (nSPS) is 12.4. The average Bonchev–Trinajstić information content (AvgIpc) is 2.39. The summed E-state index contributed by atoms with van der Waals surface area (Å²) in [7, 11) is 0. The number of benzene rings is 2. The molecule has 0 aliphatic heterocycles. The largest absolute Gasteiger partial charge is 0.392 e. The molecule has 2 aromatic rings. The molecular weight excluding hydrogens is 259 g/mol. The summed E-state index contributed by atoms with van der Waals surface area (Å²) in [6.07, 6.45) is 0.134. The quantitative estimate of drug-likeness (QED) is 0.838. The monoisotopic (exact) mass is 276 g/mol. The van der Waals surface area contributed by atoms with Gasteiger partial charge >= 0.3 is 0 Å². The van der Waals surface area contributed by atoms with E-state index < -0.39 is 6.10 Å². The van der Waals surface area contributed by atoms with E-state index in [2.05, 4.69) is 19.1 Å². The Balaban J connectivity index is 1.84. The SMILES string of the molecule is Cc1cccc(SCC(O)Cc2ccc(F)cc2)c1. The fraction of sp³-hybridized carbons (Fsp3) is 0.250. The van der Waals surface area contributed by atoms with Crippen LogP contribution in [-0.4, -0.2) is 17.0 Å². The first kappa shape index (κ1) is 14.1. The van der Waals surface area contributed by atoms with E-state index in [1.807, 2.05) is 12.1 Å². The van der Waals surface area contributed by atoms with Crippen molar-refractivity contribution in [3.63, 3.8) is 0 Å². The predicted octanol–water partition coefficient (Wildman–Crippen LogP) is 3.83. The lowest BCUT2D eigenvalue weighted by Gasteiger charge is -2.10. The Hall–Kier alpha value is -1.32. The molecule has 1 atom stereocenters. The van der Waals surface area contributed by atoms with Crippen LogP contribution in [0.5, 0.6) is 0 Å². The number of rotatable bonds is 5. The number of aliphatic hydroxyl groups excluding tert-OH is 1. The van der Waals surface area contributed by atoms with E-state index in [0.29, 0.717) is 12.2 Å². The highest BCUT2D eigenvalue weighted by molar-refractivity contribution is 7.99. The van der Waals surface area contributed by atoms with Crippen molar-refractivity contribution in [1.29, 1.82) is 0 Å². The van der Waals surface area contributed by atoms with Gasteiger partial charge in [0, 0.05) is 10.6 Å². The summed E-state index contributed by atoms with van der Waals surface area (Å²) >= 11 is 1.64. The second-order valence-electron chi connectivity index (χ2n) is 4.61. The summed E-state index contributed by atoms with van der Waals surface area (Å²) in [5.74, 6) is 0.397. The highest BCUT2D eigenvalue weighted by atomic mass is 32.2. The van der Waals surface area contributed by atoms with Crippen molar-refractivity contribution in [3.8, 4) is 0 Å². The summed E-state index contributed by atoms with van der Waals surface area (Å²) < 4.78 is 12.8. The molecule has 1 unspecified atom stereocenters. The van der Waals surface area contributed by atoms with Gasteiger partial charge in [0.15, 0.2) is 0 Å². The zero-order chi connectivity index (χ0) is 13.7. The average molecular weight is 276 g/mol. The zero-order valence-corrected chi connectivity index (χ0v) is 11.7. The smallest absolute Gasteiger partial charge is 0.123 e. The first-order valence-corrected chi connectivity index (χ1v) is 7.24. The van der Waals surface area contributed by atoms with Crippen LogP contribution in [0.1, 0.15) is 11.1 Å². The summed E-state index contributed by atoms with van der Waals surface area (Å²) in [6.45, 7) is 2.05. The maximum absolute atomic E-state index is 12.8. The fourth-order valence-electron chi connectivity index (χ4n) is 1.85. The Morgan fingerprint density at radius 3 is 2.58 bits per heavy atom. The summed E-state index contributed by atoms with van der Waals surface area (Å²) in [5.41, 5.74) is 2.18. The number of hydrogen-bond acceptors (Lipinski definition) is 2. The van der Waals surface area contributed by atoms with Gasteiger partial charge in [0.1, 0.15) is 5.82 Å². The van der Waals surface area contributed by atoms with Crippen molar-refractivity contribution in [1.82, 2.24) is 0 Å². The van der Waals surface area contributed by atoms with Crippen molar-refractivity contribution >= 4 is 11.8 Å². The van der Waals surface area contributed by atoms with Crippen LogP contribution < -0.4 is 0 Å². The molecule has 2 aromatic carbocycles. The lowest BCUT2D eigenvalue weighted by atomic mass is 10.1. The molecule has 1 nitrogen and oxygen atoms in total. The molecule has 0 spiro atoms. The molecule has 100 valence electrons. The van der Waals surface area contributed by atoms with Gasteiger partial charge in [0.25, 0.3) is 0 Å². The lowest BCUT2D eigenvalue weighted by molar-refractivity contribution is 0.200. The third-order valence-corrected chi connectivity index (χ3v) is 3.96. The molecule has 0 radical (unpaired) electrons. The summed E-state index contributed by atoms with van der Waals surface area (Å²) in [6, 6.07) is 14.5. The van der Waals surface area contributed by atoms with Gasteiger partial charge in [-0.3, -0.25) is 0 Å². The minimum atomic E-state index is -0.420. The molecule has 0 saturated heterocycles. The fourth-order valence-corrected chi connectivity index (χ4v) is 2.80. The van der Waals surface area contributed by atoms with Gasteiger partial charge in [-0.2, -0.15) is 0 Å². The molecule has 1 N–H and O–H groups in total. The van der Waals surface area contributed by atoms with Crippen LogP contribution in [0, 0.1) is 12.7 Å². The highest BCUT2D eigenvalue weighted by Gasteiger charge is 2.07. The van der Waals surface area contributed by atoms with Crippen LogP contribution in [0.25, 0.3) is 0 Å². The van der Waals surface area contributed by atoms with Crippen molar-refractivity contribution < 1.29 is 9.50 Å². The number of hydrogen-bond donors (Lipinski definition) is 1. The number of halogens is 1. The van der Waals surface area contributed by atoms with Gasteiger partial charge in [-0.05, 0) is 43.2 Å². The first-order valence-electron chi connectivity index (χ1n) is 6.25. The maximum atomic E-state index is 12.8. The van der Waals surface area contributed by atoms with Crippen molar-refractivity contribution in [2.45, 2.75) is 24.3 Å². The Labute approximate surface area is 117 Å².